The van der Waals surface area contributed by atoms with Crippen molar-refractivity contribution in [2.24, 2.45) is 0 Å². The minimum Gasteiger partial charge on any atom is -0.286 e. The Labute approximate surface area is 125 Å². The molecule has 1 amide bonds. The molecule has 120 valence electrons. The van der Waals surface area contributed by atoms with E-state index in [2.05, 4.69) is 6.92 Å². The van der Waals surface area contributed by atoms with Gasteiger partial charge in [0.25, 0.3) is 0 Å². The minimum absolute atomic E-state index is 0.173. The van der Waals surface area contributed by atoms with Crippen LogP contribution in [0, 0.1) is 0 Å². The van der Waals surface area contributed by atoms with Crippen molar-refractivity contribution in [1.29, 1.82) is 0 Å². The lowest BCUT2D eigenvalue weighted by Crippen LogP contribution is -2.21. The number of unbranched alkanes of at least 4 members (excludes halogenated alkanes) is 12. The van der Waals surface area contributed by atoms with Crippen molar-refractivity contribution in [2.45, 2.75) is 96.8 Å². The van der Waals surface area contributed by atoms with Crippen LogP contribution in [0.1, 0.15) is 96.8 Å². The molecule has 0 unspecified atom stereocenters. The molecule has 0 heterocycles. The molecular weight excluding hydrogens is 250 g/mol. The third kappa shape index (κ3) is 13.9. The van der Waals surface area contributed by atoms with Crippen LogP contribution < -0.4 is 0 Å². The zero-order chi connectivity index (χ0) is 15.1. The van der Waals surface area contributed by atoms with Gasteiger partial charge in [-0.05, 0) is 6.42 Å². The Kier molecular flexibility index (Phi) is 14.4. The monoisotopic (exact) mass is 285 g/mol. The number of hydrogen-bond acceptors (Lipinski definition) is 2. The number of hydroxylamine groups is 2. The predicted molar refractivity (Wildman–Crippen MR) is 84.9 cm³/mol. The van der Waals surface area contributed by atoms with Gasteiger partial charge in [-0.3, -0.25) is 10.0 Å². The van der Waals surface area contributed by atoms with Crippen molar-refractivity contribution in [2.75, 3.05) is 7.05 Å². The largest absolute Gasteiger partial charge is 0.286 e. The van der Waals surface area contributed by atoms with Crippen LogP contribution in [0.4, 0.5) is 0 Å². The number of carbonyl (C=O) groups excluding carboxylic acids is 1. The van der Waals surface area contributed by atoms with Gasteiger partial charge < -0.3 is 0 Å². The van der Waals surface area contributed by atoms with Crippen LogP contribution in [-0.4, -0.2) is 23.2 Å². The molecule has 0 spiro atoms. The summed E-state index contributed by atoms with van der Waals surface area (Å²) in [4.78, 5) is 11.1. The number of carbonyl (C=O) groups is 1. The van der Waals surface area contributed by atoms with Gasteiger partial charge in [-0.25, -0.2) is 5.06 Å². The van der Waals surface area contributed by atoms with Crippen LogP contribution >= 0.6 is 0 Å². The first-order valence-corrected chi connectivity index (χ1v) is 8.64. The molecule has 0 radical (unpaired) electrons. The number of amides is 1. The molecule has 3 nitrogen and oxygen atoms in total. The second-order valence-corrected chi connectivity index (χ2v) is 5.91. The quantitative estimate of drug-likeness (QED) is 0.267. The van der Waals surface area contributed by atoms with Crippen molar-refractivity contribution < 1.29 is 10.0 Å². The summed E-state index contributed by atoms with van der Waals surface area (Å²) in [5.41, 5.74) is 0. The maximum atomic E-state index is 11.1. The summed E-state index contributed by atoms with van der Waals surface area (Å²) in [6, 6.07) is 0. The van der Waals surface area contributed by atoms with Crippen molar-refractivity contribution in [3.63, 3.8) is 0 Å². The highest BCUT2D eigenvalue weighted by atomic mass is 16.5. The lowest BCUT2D eigenvalue weighted by atomic mass is 10.0. The molecule has 1 N–H and O–H groups in total. The zero-order valence-electron chi connectivity index (χ0n) is 13.7. The van der Waals surface area contributed by atoms with E-state index in [1.807, 2.05) is 0 Å². The molecule has 3 heteroatoms. The van der Waals surface area contributed by atoms with E-state index in [1.165, 1.54) is 77.7 Å². The molecule has 0 saturated heterocycles. The van der Waals surface area contributed by atoms with E-state index in [9.17, 15) is 4.79 Å². The molecule has 0 aliphatic carbocycles. The van der Waals surface area contributed by atoms with E-state index >= 15 is 0 Å². The molecule has 0 atom stereocenters. The van der Waals surface area contributed by atoms with Gasteiger partial charge in [0.1, 0.15) is 0 Å². The van der Waals surface area contributed by atoms with E-state index in [1.54, 1.807) is 0 Å². The highest BCUT2D eigenvalue weighted by Gasteiger charge is 2.04. The van der Waals surface area contributed by atoms with Crippen LogP contribution in [0.2, 0.25) is 0 Å². The van der Waals surface area contributed by atoms with Gasteiger partial charge in [-0.15, -0.1) is 0 Å². The second-order valence-electron chi connectivity index (χ2n) is 5.91. The number of rotatable bonds is 14. The highest BCUT2D eigenvalue weighted by Crippen LogP contribution is 2.13. The van der Waals surface area contributed by atoms with E-state index in [4.69, 9.17) is 5.21 Å². The summed E-state index contributed by atoms with van der Waals surface area (Å²) >= 11 is 0. The fourth-order valence-corrected chi connectivity index (χ4v) is 2.46. The Balaban J connectivity index is 3.04. The standard InChI is InChI=1S/C17H35NO2/c1-3-4-5-6-7-8-9-10-11-12-13-14-15-16-17(19)18(2)20/h20H,3-16H2,1-2H3. The summed E-state index contributed by atoms with van der Waals surface area (Å²) in [6.45, 7) is 2.26. The van der Waals surface area contributed by atoms with Crippen LogP contribution in [0.15, 0.2) is 0 Å². The van der Waals surface area contributed by atoms with Gasteiger partial charge in [0.15, 0.2) is 0 Å². The van der Waals surface area contributed by atoms with Gasteiger partial charge >= 0.3 is 0 Å². The Bertz CT molecular complexity index is 217. The fourth-order valence-electron chi connectivity index (χ4n) is 2.46. The molecule has 0 aliphatic heterocycles. The van der Waals surface area contributed by atoms with Crippen molar-refractivity contribution in [3.8, 4) is 0 Å². The first-order valence-electron chi connectivity index (χ1n) is 8.64. The fraction of sp³-hybridized carbons (Fsp3) is 0.941. The molecule has 0 aromatic rings. The molecule has 20 heavy (non-hydrogen) atoms. The highest BCUT2D eigenvalue weighted by molar-refractivity contribution is 5.74. The molecule has 0 saturated carbocycles. The van der Waals surface area contributed by atoms with Gasteiger partial charge in [-0.1, -0.05) is 84.0 Å². The summed E-state index contributed by atoms with van der Waals surface area (Å²) < 4.78 is 0. The van der Waals surface area contributed by atoms with Crippen molar-refractivity contribution in [1.82, 2.24) is 5.06 Å². The topological polar surface area (TPSA) is 40.5 Å². The third-order valence-electron chi connectivity index (χ3n) is 3.86. The van der Waals surface area contributed by atoms with Crippen LogP contribution in [-0.2, 0) is 4.79 Å². The maximum absolute atomic E-state index is 11.1. The second kappa shape index (κ2) is 14.8. The average Bonchev–Trinajstić information content (AvgIpc) is 2.43. The molecule has 0 aliphatic rings. The average molecular weight is 285 g/mol. The summed E-state index contributed by atoms with van der Waals surface area (Å²) in [5.74, 6) is -0.173. The van der Waals surface area contributed by atoms with Crippen molar-refractivity contribution in [3.05, 3.63) is 0 Å². The number of hydrogen-bond donors (Lipinski definition) is 1. The summed E-state index contributed by atoms with van der Waals surface area (Å²) in [5, 5.41) is 9.59. The van der Waals surface area contributed by atoms with E-state index in [0.717, 1.165) is 12.8 Å². The lowest BCUT2D eigenvalue weighted by molar-refractivity contribution is -0.159. The van der Waals surface area contributed by atoms with Gasteiger partial charge in [0, 0.05) is 13.5 Å². The molecule has 0 aromatic carbocycles. The van der Waals surface area contributed by atoms with Crippen LogP contribution in [0.5, 0.6) is 0 Å². The summed E-state index contributed by atoms with van der Waals surface area (Å²) in [6.07, 6.45) is 17.5. The Morgan fingerprint density at radius 3 is 1.45 bits per heavy atom. The first kappa shape index (κ1) is 19.4. The summed E-state index contributed by atoms with van der Waals surface area (Å²) in [7, 11) is 1.39. The first-order chi connectivity index (χ1) is 9.68. The Hall–Kier alpha value is -0.570. The minimum atomic E-state index is -0.173. The van der Waals surface area contributed by atoms with Gasteiger partial charge in [0.2, 0.25) is 5.91 Å². The predicted octanol–water partition coefficient (Wildman–Crippen LogP) is 5.32. The lowest BCUT2D eigenvalue weighted by Gasteiger charge is -2.07. The maximum Gasteiger partial charge on any atom is 0.245 e. The van der Waals surface area contributed by atoms with Crippen LogP contribution in [0.3, 0.4) is 0 Å². The number of nitrogens with zero attached hydrogens (tertiary/aromatic N) is 1. The Morgan fingerprint density at radius 2 is 1.10 bits per heavy atom. The van der Waals surface area contributed by atoms with E-state index < -0.39 is 0 Å². The normalized spacial score (nSPS) is 10.8. The molecular formula is C17H35NO2. The van der Waals surface area contributed by atoms with E-state index in [0.29, 0.717) is 11.5 Å². The molecule has 0 fully saturated rings. The van der Waals surface area contributed by atoms with Crippen molar-refractivity contribution >= 4 is 5.91 Å². The molecule has 0 aromatic heterocycles. The molecule has 0 bridgehead atoms. The third-order valence-corrected chi connectivity index (χ3v) is 3.86. The van der Waals surface area contributed by atoms with E-state index in [-0.39, 0.29) is 5.91 Å². The zero-order valence-corrected chi connectivity index (χ0v) is 13.7. The van der Waals surface area contributed by atoms with Gasteiger partial charge in [-0.2, -0.15) is 0 Å². The SMILES string of the molecule is CCCCCCCCCCCCCCCC(=O)N(C)O. The molecule has 0 rings (SSSR count). The smallest absolute Gasteiger partial charge is 0.245 e. The van der Waals surface area contributed by atoms with Gasteiger partial charge in [0.05, 0.1) is 0 Å². The Morgan fingerprint density at radius 1 is 0.750 bits per heavy atom. The van der Waals surface area contributed by atoms with Crippen LogP contribution in [0.25, 0.3) is 0 Å².